The summed E-state index contributed by atoms with van der Waals surface area (Å²) in [7, 11) is 1.75. The number of unbranched alkanes of at least 4 members (excludes halogenated alkanes) is 2. The summed E-state index contributed by atoms with van der Waals surface area (Å²) in [4.78, 5) is 7.37. The van der Waals surface area contributed by atoms with Gasteiger partial charge in [0.15, 0.2) is 0 Å². The Kier molecular flexibility index (Phi) is 9.91. The number of nitrogens with zero attached hydrogens (tertiary/aromatic N) is 3. The minimum Gasteiger partial charge on any atom is -0.383 e. The summed E-state index contributed by atoms with van der Waals surface area (Å²) in [6.45, 7) is 12.7. The van der Waals surface area contributed by atoms with Crippen molar-refractivity contribution in [2.24, 2.45) is 0 Å². The van der Waals surface area contributed by atoms with Crippen molar-refractivity contribution in [3.8, 4) is 0 Å². The number of nitrogens with one attached hydrogen (secondary N) is 1. The normalized spacial score (nSPS) is 11.8. The van der Waals surface area contributed by atoms with Gasteiger partial charge in [0, 0.05) is 33.2 Å². The number of hydrogen-bond donors (Lipinski definition) is 2. The second-order valence-corrected chi connectivity index (χ2v) is 7.28. The minimum atomic E-state index is 0.451. The largest absolute Gasteiger partial charge is 0.383 e. The fraction of sp³-hybridized carbons (Fsp3) is 0.522. The van der Waals surface area contributed by atoms with Crippen LogP contribution in [0.5, 0.6) is 0 Å². The van der Waals surface area contributed by atoms with Crippen LogP contribution in [-0.4, -0.2) is 53.0 Å². The number of hydroxylamine groups is 1. The van der Waals surface area contributed by atoms with Crippen LogP contribution in [0.3, 0.4) is 0 Å². The van der Waals surface area contributed by atoms with Crippen LogP contribution in [0.25, 0.3) is 17.1 Å². The maximum atomic E-state index is 8.88. The van der Waals surface area contributed by atoms with Crippen LogP contribution < -0.4 is 5.48 Å². The highest BCUT2D eigenvalue weighted by atomic mass is 16.5. The zero-order chi connectivity index (χ0) is 21.1. The summed E-state index contributed by atoms with van der Waals surface area (Å²) in [6.07, 6.45) is 8.26. The number of aryl methyl sites for hydroxylation is 1. The van der Waals surface area contributed by atoms with Gasteiger partial charge in [-0.05, 0) is 36.7 Å². The third-order valence-corrected chi connectivity index (χ3v) is 5.17. The van der Waals surface area contributed by atoms with Gasteiger partial charge in [0.25, 0.3) is 0 Å². The average Bonchev–Trinajstić information content (AvgIpc) is 3.08. The molecule has 160 valence electrons. The van der Waals surface area contributed by atoms with Gasteiger partial charge < -0.3 is 9.30 Å². The number of aromatic nitrogens is 2. The fourth-order valence-corrected chi connectivity index (χ4v) is 3.40. The van der Waals surface area contributed by atoms with Crippen LogP contribution in [0.15, 0.2) is 36.6 Å². The van der Waals surface area contributed by atoms with Crippen molar-refractivity contribution < 1.29 is 9.94 Å². The number of fused-ring (bicyclic) bond motifs is 1. The van der Waals surface area contributed by atoms with Gasteiger partial charge in [-0.25, -0.2) is 4.98 Å². The molecule has 0 aliphatic heterocycles. The first kappa shape index (κ1) is 23.1. The summed E-state index contributed by atoms with van der Waals surface area (Å²) in [5.74, 6) is 1.17. The zero-order valence-electron chi connectivity index (χ0n) is 18.2. The van der Waals surface area contributed by atoms with E-state index in [4.69, 9.17) is 14.9 Å². The molecule has 0 fully saturated rings. The average molecular weight is 401 g/mol. The number of likely N-dealkylation sites (N-methyl/N-ethyl adjacent to an activating group) is 1. The van der Waals surface area contributed by atoms with Gasteiger partial charge in [-0.2, -0.15) is 0 Å². The molecule has 0 aliphatic rings. The van der Waals surface area contributed by atoms with Gasteiger partial charge in [0.1, 0.15) is 5.82 Å². The highest BCUT2D eigenvalue weighted by molar-refractivity contribution is 5.79. The summed E-state index contributed by atoms with van der Waals surface area (Å²) >= 11 is 0. The topological polar surface area (TPSA) is 62.5 Å². The zero-order valence-corrected chi connectivity index (χ0v) is 18.2. The highest BCUT2D eigenvalue weighted by Crippen LogP contribution is 2.21. The molecule has 0 saturated heterocycles. The predicted molar refractivity (Wildman–Crippen MR) is 120 cm³/mol. The molecular weight excluding hydrogens is 364 g/mol. The number of benzene rings is 1. The second kappa shape index (κ2) is 12.4. The van der Waals surface area contributed by atoms with Crippen LogP contribution in [0.1, 0.15) is 44.5 Å². The lowest BCUT2D eigenvalue weighted by Gasteiger charge is -2.21. The van der Waals surface area contributed by atoms with E-state index >= 15 is 0 Å². The monoisotopic (exact) mass is 400 g/mol. The Morgan fingerprint density at radius 2 is 2.14 bits per heavy atom. The van der Waals surface area contributed by atoms with E-state index in [0.29, 0.717) is 5.70 Å². The quantitative estimate of drug-likeness (QED) is 0.282. The molecule has 1 heterocycles. The third-order valence-electron chi connectivity index (χ3n) is 5.17. The number of hydrogen-bond acceptors (Lipinski definition) is 5. The van der Waals surface area contributed by atoms with E-state index in [1.807, 2.05) is 11.6 Å². The molecule has 6 nitrogen and oxygen atoms in total. The molecule has 0 radical (unpaired) electrons. The Bertz CT molecular complexity index is 798. The van der Waals surface area contributed by atoms with E-state index < -0.39 is 0 Å². The molecular formula is C23H36N4O2. The predicted octanol–water partition coefficient (Wildman–Crippen LogP) is 4.24. The summed E-state index contributed by atoms with van der Waals surface area (Å²) in [5.41, 5.74) is 5.72. The Labute approximate surface area is 174 Å². The molecule has 0 unspecified atom stereocenters. The molecule has 0 amide bonds. The highest BCUT2D eigenvalue weighted by Gasteiger charge is 2.12. The van der Waals surface area contributed by atoms with Gasteiger partial charge in [-0.3, -0.25) is 15.6 Å². The smallest absolute Gasteiger partial charge is 0.109 e. The first-order valence-electron chi connectivity index (χ1n) is 10.6. The second-order valence-electron chi connectivity index (χ2n) is 7.28. The van der Waals surface area contributed by atoms with Crippen molar-refractivity contribution in [3.63, 3.8) is 0 Å². The molecule has 0 bridgehead atoms. The summed E-state index contributed by atoms with van der Waals surface area (Å²) in [6, 6.07) is 6.32. The number of imidazole rings is 1. The molecule has 0 aliphatic carbocycles. The van der Waals surface area contributed by atoms with E-state index in [9.17, 15) is 0 Å². The molecule has 29 heavy (non-hydrogen) atoms. The molecule has 0 atom stereocenters. The van der Waals surface area contributed by atoms with Crippen molar-refractivity contribution in [1.82, 2.24) is 19.9 Å². The molecule has 1 aromatic carbocycles. The third kappa shape index (κ3) is 6.99. The van der Waals surface area contributed by atoms with Crippen LogP contribution in [0.4, 0.5) is 0 Å². The molecule has 1 aromatic heterocycles. The number of ether oxygens (including phenoxy) is 1. The maximum Gasteiger partial charge on any atom is 0.109 e. The van der Waals surface area contributed by atoms with E-state index in [-0.39, 0.29) is 0 Å². The maximum absolute atomic E-state index is 8.88. The lowest BCUT2D eigenvalue weighted by Crippen LogP contribution is -2.30. The van der Waals surface area contributed by atoms with Crippen molar-refractivity contribution in [2.75, 3.05) is 33.4 Å². The van der Waals surface area contributed by atoms with Crippen LogP contribution in [0.2, 0.25) is 0 Å². The first-order valence-corrected chi connectivity index (χ1v) is 10.6. The van der Waals surface area contributed by atoms with Crippen molar-refractivity contribution in [2.45, 2.75) is 46.1 Å². The van der Waals surface area contributed by atoms with Crippen molar-refractivity contribution >= 4 is 17.1 Å². The molecule has 0 saturated carbocycles. The Hall–Kier alpha value is -2.15. The Balaban J connectivity index is 2.25. The molecule has 2 N–H and O–H groups in total. The van der Waals surface area contributed by atoms with E-state index in [2.05, 4.69) is 48.1 Å². The molecule has 0 spiro atoms. The minimum absolute atomic E-state index is 0.451. The Morgan fingerprint density at radius 3 is 2.83 bits per heavy atom. The van der Waals surface area contributed by atoms with Gasteiger partial charge in [0.05, 0.1) is 23.3 Å². The molecule has 2 aromatic rings. The summed E-state index contributed by atoms with van der Waals surface area (Å²) < 4.78 is 7.62. The van der Waals surface area contributed by atoms with Crippen molar-refractivity contribution in [1.29, 1.82) is 0 Å². The van der Waals surface area contributed by atoms with E-state index in [0.717, 1.165) is 56.7 Å². The standard InChI is InChI=1S/C23H36N4O2/c1-5-7-8-9-23-24-21-18-20(11-10-19(3)25-28)12-13-22(21)27(23)15-14-26(6-2)16-17-29-4/h10-13,18,25,28H,3,5-9,14-17H2,1-2,4H3/b11-10+. The fourth-order valence-electron chi connectivity index (χ4n) is 3.40. The van der Waals surface area contributed by atoms with Gasteiger partial charge in [0.2, 0.25) is 0 Å². The number of rotatable bonds is 14. The van der Waals surface area contributed by atoms with E-state index in [1.165, 1.54) is 24.2 Å². The first-order chi connectivity index (χ1) is 14.1. The van der Waals surface area contributed by atoms with E-state index in [1.54, 1.807) is 13.2 Å². The number of allylic oxidation sites excluding steroid dienone is 1. The lowest BCUT2D eigenvalue weighted by atomic mass is 10.2. The lowest BCUT2D eigenvalue weighted by molar-refractivity contribution is 0.148. The van der Waals surface area contributed by atoms with Gasteiger partial charge in [-0.15, -0.1) is 0 Å². The van der Waals surface area contributed by atoms with Crippen LogP contribution in [0, 0.1) is 0 Å². The van der Waals surface area contributed by atoms with Crippen molar-refractivity contribution in [3.05, 3.63) is 47.9 Å². The van der Waals surface area contributed by atoms with Gasteiger partial charge >= 0.3 is 0 Å². The Morgan fingerprint density at radius 1 is 1.31 bits per heavy atom. The number of methoxy groups -OCH3 is 1. The molecule has 2 rings (SSSR count). The summed E-state index contributed by atoms with van der Waals surface area (Å²) in [5, 5.41) is 8.88. The van der Waals surface area contributed by atoms with Crippen LogP contribution >= 0.6 is 0 Å². The van der Waals surface area contributed by atoms with Crippen LogP contribution in [-0.2, 0) is 17.7 Å². The van der Waals surface area contributed by atoms with Gasteiger partial charge in [-0.1, -0.05) is 45.4 Å². The SMILES string of the molecule is C=C(/C=C/c1ccc2c(c1)nc(CCCCC)n2CCN(CC)CCOC)NO. The molecule has 6 heteroatoms.